The predicted molar refractivity (Wildman–Crippen MR) is 85.4 cm³/mol. The van der Waals surface area contributed by atoms with Crippen molar-refractivity contribution >= 4 is 18.3 Å². The van der Waals surface area contributed by atoms with Crippen LogP contribution < -0.4 is 10.6 Å². The number of hydrogen-bond acceptors (Lipinski definition) is 2. The first-order chi connectivity index (χ1) is 9.12. The molecule has 1 atom stereocenters. The number of carbonyl (C=O) groups excluding carboxylic acids is 1. The average Bonchev–Trinajstić information content (AvgIpc) is 2.41. The molecule has 0 saturated carbocycles. The molecule has 1 unspecified atom stereocenters. The van der Waals surface area contributed by atoms with Crippen molar-refractivity contribution in [3.05, 3.63) is 35.4 Å². The summed E-state index contributed by atoms with van der Waals surface area (Å²) in [5, 5.41) is 6.41. The van der Waals surface area contributed by atoms with Gasteiger partial charge in [-0.25, -0.2) is 0 Å². The summed E-state index contributed by atoms with van der Waals surface area (Å²) in [6.45, 7) is 5.78. The summed E-state index contributed by atoms with van der Waals surface area (Å²) in [5.74, 6) is 0.140. The molecule has 3 nitrogen and oxygen atoms in total. The Morgan fingerprint density at radius 3 is 2.75 bits per heavy atom. The van der Waals surface area contributed by atoms with Crippen LogP contribution in [0.4, 0.5) is 0 Å². The molecule has 1 amide bonds. The topological polar surface area (TPSA) is 41.1 Å². The highest BCUT2D eigenvalue weighted by atomic mass is 35.5. The van der Waals surface area contributed by atoms with Crippen molar-refractivity contribution in [3.8, 4) is 0 Å². The minimum Gasteiger partial charge on any atom is -0.354 e. The van der Waals surface area contributed by atoms with Crippen molar-refractivity contribution in [3.63, 3.8) is 0 Å². The highest BCUT2D eigenvalue weighted by Gasteiger charge is 2.33. The highest BCUT2D eigenvalue weighted by Crippen LogP contribution is 2.18. The Hall–Kier alpha value is -1.06. The zero-order valence-corrected chi connectivity index (χ0v) is 13.2. The lowest BCUT2D eigenvalue weighted by molar-refractivity contribution is -0.127. The first kappa shape index (κ1) is 17.0. The van der Waals surface area contributed by atoms with E-state index in [1.165, 1.54) is 17.5 Å². The summed E-state index contributed by atoms with van der Waals surface area (Å²) in [5.41, 5.74) is 2.23. The van der Waals surface area contributed by atoms with Gasteiger partial charge < -0.3 is 10.6 Å². The van der Waals surface area contributed by atoms with Crippen LogP contribution in [0.3, 0.4) is 0 Å². The smallest absolute Gasteiger partial charge is 0.240 e. The zero-order chi connectivity index (χ0) is 13.7. The monoisotopic (exact) mass is 296 g/mol. The molecular formula is C16H25ClN2O. The highest BCUT2D eigenvalue weighted by molar-refractivity contribution is 5.86. The van der Waals surface area contributed by atoms with E-state index in [1.54, 1.807) is 0 Å². The van der Waals surface area contributed by atoms with Crippen molar-refractivity contribution in [2.45, 2.75) is 45.1 Å². The first-order valence-electron chi connectivity index (χ1n) is 7.20. The molecule has 1 aromatic carbocycles. The van der Waals surface area contributed by atoms with Gasteiger partial charge in [-0.2, -0.15) is 0 Å². The zero-order valence-electron chi connectivity index (χ0n) is 12.4. The number of amides is 1. The fourth-order valence-electron chi connectivity index (χ4n) is 2.65. The molecule has 0 aromatic heterocycles. The summed E-state index contributed by atoms with van der Waals surface area (Å²) in [6.07, 6.45) is 4.14. The Balaban J connectivity index is 0.00000200. The molecule has 0 aliphatic carbocycles. The fourth-order valence-corrected chi connectivity index (χ4v) is 2.65. The van der Waals surface area contributed by atoms with Crippen LogP contribution in [0.1, 0.15) is 37.3 Å². The van der Waals surface area contributed by atoms with E-state index in [2.05, 4.69) is 29.7 Å². The number of rotatable bonds is 4. The van der Waals surface area contributed by atoms with Gasteiger partial charge in [-0.1, -0.05) is 24.3 Å². The Morgan fingerprint density at radius 1 is 1.35 bits per heavy atom. The molecule has 1 aromatic rings. The van der Waals surface area contributed by atoms with E-state index in [0.717, 1.165) is 25.8 Å². The van der Waals surface area contributed by atoms with Crippen molar-refractivity contribution < 1.29 is 4.79 Å². The SMILES string of the molecule is Cc1ccccc1CCNC(=O)C1(C)CCCCN1.Cl. The molecule has 1 aliphatic heterocycles. The predicted octanol–water partition coefficient (Wildman–Crippen LogP) is 2.61. The van der Waals surface area contributed by atoms with Crippen molar-refractivity contribution in [2.75, 3.05) is 13.1 Å². The Morgan fingerprint density at radius 2 is 2.10 bits per heavy atom. The molecular weight excluding hydrogens is 272 g/mol. The maximum Gasteiger partial charge on any atom is 0.240 e. The molecule has 0 bridgehead atoms. The van der Waals surface area contributed by atoms with Crippen LogP contribution in [-0.4, -0.2) is 24.5 Å². The van der Waals surface area contributed by atoms with Crippen LogP contribution in [0.2, 0.25) is 0 Å². The number of halogens is 1. The minimum absolute atomic E-state index is 0. The van der Waals surface area contributed by atoms with E-state index in [1.807, 2.05) is 19.1 Å². The fraction of sp³-hybridized carbons (Fsp3) is 0.562. The van der Waals surface area contributed by atoms with Gasteiger partial charge in [0.15, 0.2) is 0 Å². The molecule has 4 heteroatoms. The third-order valence-corrected chi connectivity index (χ3v) is 4.06. The van der Waals surface area contributed by atoms with Crippen molar-refractivity contribution in [1.82, 2.24) is 10.6 Å². The molecule has 0 spiro atoms. The maximum absolute atomic E-state index is 12.2. The van der Waals surface area contributed by atoms with Crippen molar-refractivity contribution in [2.24, 2.45) is 0 Å². The van der Waals surface area contributed by atoms with Gasteiger partial charge in [-0.05, 0) is 57.2 Å². The Labute approximate surface area is 127 Å². The second kappa shape index (κ2) is 7.65. The molecule has 0 radical (unpaired) electrons. The molecule has 112 valence electrons. The average molecular weight is 297 g/mol. The standard InChI is InChI=1S/C16H24N2O.ClH/c1-13-7-3-4-8-14(13)9-12-17-15(19)16(2)10-5-6-11-18-16;/h3-4,7-8,18H,5-6,9-12H2,1-2H3,(H,17,19);1H. The van der Waals surface area contributed by atoms with E-state index in [-0.39, 0.29) is 23.9 Å². The Bertz CT molecular complexity index is 442. The summed E-state index contributed by atoms with van der Waals surface area (Å²) < 4.78 is 0. The van der Waals surface area contributed by atoms with Crippen LogP contribution in [0.15, 0.2) is 24.3 Å². The number of hydrogen-bond donors (Lipinski definition) is 2. The van der Waals surface area contributed by atoms with Gasteiger partial charge in [0.25, 0.3) is 0 Å². The number of carbonyl (C=O) groups is 1. The van der Waals surface area contributed by atoms with Gasteiger partial charge in [0.05, 0.1) is 5.54 Å². The van der Waals surface area contributed by atoms with Crippen LogP contribution in [-0.2, 0) is 11.2 Å². The number of nitrogens with one attached hydrogen (secondary N) is 2. The molecule has 1 heterocycles. The molecule has 1 fully saturated rings. The largest absolute Gasteiger partial charge is 0.354 e. The molecule has 1 saturated heterocycles. The maximum atomic E-state index is 12.2. The summed E-state index contributed by atoms with van der Waals surface area (Å²) >= 11 is 0. The second-order valence-electron chi connectivity index (χ2n) is 5.65. The molecule has 20 heavy (non-hydrogen) atoms. The lowest BCUT2D eigenvalue weighted by Crippen LogP contribution is -2.57. The number of piperidine rings is 1. The van der Waals surface area contributed by atoms with Crippen LogP contribution in [0.25, 0.3) is 0 Å². The lowest BCUT2D eigenvalue weighted by atomic mass is 9.90. The lowest BCUT2D eigenvalue weighted by Gasteiger charge is -2.33. The van der Waals surface area contributed by atoms with E-state index in [4.69, 9.17) is 0 Å². The Kier molecular flexibility index (Phi) is 6.50. The summed E-state index contributed by atoms with van der Waals surface area (Å²) in [6, 6.07) is 8.34. The number of aryl methyl sites for hydroxylation is 1. The van der Waals surface area contributed by atoms with Gasteiger partial charge in [0.1, 0.15) is 0 Å². The van der Waals surface area contributed by atoms with Gasteiger partial charge in [0.2, 0.25) is 5.91 Å². The third kappa shape index (κ3) is 4.22. The molecule has 2 rings (SSSR count). The van der Waals surface area contributed by atoms with Crippen LogP contribution in [0.5, 0.6) is 0 Å². The molecule has 2 N–H and O–H groups in total. The summed E-state index contributed by atoms with van der Waals surface area (Å²) in [4.78, 5) is 12.2. The van der Waals surface area contributed by atoms with Crippen molar-refractivity contribution in [1.29, 1.82) is 0 Å². The third-order valence-electron chi connectivity index (χ3n) is 4.06. The van der Waals surface area contributed by atoms with E-state index in [9.17, 15) is 4.79 Å². The second-order valence-corrected chi connectivity index (χ2v) is 5.65. The first-order valence-corrected chi connectivity index (χ1v) is 7.20. The number of benzene rings is 1. The van der Waals surface area contributed by atoms with Crippen LogP contribution in [0, 0.1) is 6.92 Å². The summed E-state index contributed by atoms with van der Waals surface area (Å²) in [7, 11) is 0. The normalized spacial score (nSPS) is 21.9. The quantitative estimate of drug-likeness (QED) is 0.897. The van der Waals surface area contributed by atoms with Gasteiger partial charge in [-0.15, -0.1) is 12.4 Å². The van der Waals surface area contributed by atoms with E-state index >= 15 is 0 Å². The van der Waals surface area contributed by atoms with Crippen LogP contribution >= 0.6 is 12.4 Å². The van der Waals surface area contributed by atoms with Gasteiger partial charge in [-0.3, -0.25) is 4.79 Å². The molecule has 1 aliphatic rings. The van der Waals surface area contributed by atoms with Gasteiger partial charge >= 0.3 is 0 Å². The van der Waals surface area contributed by atoms with Gasteiger partial charge in [0, 0.05) is 6.54 Å². The van der Waals surface area contributed by atoms with E-state index in [0.29, 0.717) is 6.54 Å². The van der Waals surface area contributed by atoms with E-state index < -0.39 is 0 Å². The minimum atomic E-state index is -0.371.